The predicted octanol–water partition coefficient (Wildman–Crippen LogP) is 3.19. The molecule has 0 aliphatic heterocycles. The third kappa shape index (κ3) is 2.18. The van der Waals surface area contributed by atoms with Gasteiger partial charge in [-0.15, -0.1) is 0 Å². The van der Waals surface area contributed by atoms with Crippen LogP contribution in [-0.2, 0) is 0 Å². The van der Waals surface area contributed by atoms with E-state index in [-0.39, 0.29) is 11.6 Å². The Morgan fingerprint density at radius 3 is 2.69 bits per heavy atom. The summed E-state index contributed by atoms with van der Waals surface area (Å²) in [5.74, 6) is -0.140. The molecule has 1 radical (unpaired) electrons. The largest absolute Gasteiger partial charge is 0.272 e. The fourth-order valence-electron chi connectivity index (χ4n) is 1.09. The van der Waals surface area contributed by atoms with Gasteiger partial charge in [0.2, 0.25) is 0 Å². The van der Waals surface area contributed by atoms with Crippen molar-refractivity contribution >= 4 is 17.3 Å². The van der Waals surface area contributed by atoms with Crippen LogP contribution in [0.4, 0.5) is 5.69 Å². The van der Waals surface area contributed by atoms with Gasteiger partial charge in [-0.3, -0.25) is 10.1 Å². The molecule has 1 rings (SSSR count). The first kappa shape index (κ1) is 9.99. The van der Waals surface area contributed by atoms with Gasteiger partial charge in [-0.05, 0) is 25.0 Å². The van der Waals surface area contributed by atoms with Crippen molar-refractivity contribution in [2.24, 2.45) is 0 Å². The third-order valence-corrected chi connectivity index (χ3v) is 1.95. The minimum Gasteiger partial charge on any atom is -0.258 e. The molecule has 0 N–H and O–H groups in total. The molecule has 1 aromatic rings. The van der Waals surface area contributed by atoms with Crippen LogP contribution in [0.25, 0.3) is 0 Å². The lowest BCUT2D eigenvalue weighted by Gasteiger charge is -2.05. The minimum absolute atomic E-state index is 0.0758. The maximum Gasteiger partial charge on any atom is 0.272 e. The van der Waals surface area contributed by atoms with Crippen LogP contribution in [0.5, 0.6) is 0 Å². The number of nitro groups is 1. The summed E-state index contributed by atoms with van der Waals surface area (Å²) in [6, 6.07) is 4.49. The van der Waals surface area contributed by atoms with Crippen LogP contribution in [0.3, 0.4) is 0 Å². The molecule has 69 valence electrons. The lowest BCUT2D eigenvalue weighted by molar-refractivity contribution is -0.385. The average Bonchev–Trinajstić information content (AvgIpc) is 2.03. The maximum absolute atomic E-state index is 10.6. The standard InChI is InChI=1S/C9H9ClNO2/c1-6(2)8-5-7(10)3-4-9(8)11(12)13/h3-6H,1H2,2H3. The molecule has 0 aromatic heterocycles. The minimum atomic E-state index is -0.423. The van der Waals surface area contributed by atoms with Crippen LogP contribution in [0.15, 0.2) is 18.2 Å². The van der Waals surface area contributed by atoms with Crippen LogP contribution in [-0.4, -0.2) is 4.92 Å². The Hall–Kier alpha value is -1.09. The number of hydrogen-bond acceptors (Lipinski definition) is 2. The van der Waals surface area contributed by atoms with E-state index in [0.29, 0.717) is 10.6 Å². The van der Waals surface area contributed by atoms with Gasteiger partial charge in [0.25, 0.3) is 5.69 Å². The van der Waals surface area contributed by atoms with Gasteiger partial charge in [0, 0.05) is 16.7 Å². The highest BCUT2D eigenvalue weighted by Gasteiger charge is 2.15. The van der Waals surface area contributed by atoms with Crippen molar-refractivity contribution < 1.29 is 4.92 Å². The number of nitro benzene ring substituents is 1. The SMILES string of the molecule is [CH2]C(C)c1cc(Cl)ccc1[N+](=O)[O-]. The molecule has 13 heavy (non-hydrogen) atoms. The lowest BCUT2D eigenvalue weighted by Crippen LogP contribution is -1.96. The first-order valence-corrected chi connectivity index (χ1v) is 4.17. The van der Waals surface area contributed by atoms with Crippen molar-refractivity contribution in [3.63, 3.8) is 0 Å². The second-order valence-corrected chi connectivity index (χ2v) is 3.30. The molecule has 4 heteroatoms. The summed E-state index contributed by atoms with van der Waals surface area (Å²) in [6.07, 6.45) is 0. The number of rotatable bonds is 2. The summed E-state index contributed by atoms with van der Waals surface area (Å²) in [5, 5.41) is 11.1. The van der Waals surface area contributed by atoms with E-state index in [1.165, 1.54) is 12.1 Å². The summed E-state index contributed by atoms with van der Waals surface area (Å²) >= 11 is 5.72. The van der Waals surface area contributed by atoms with Gasteiger partial charge in [0.05, 0.1) is 4.92 Å². The second-order valence-electron chi connectivity index (χ2n) is 2.86. The van der Waals surface area contributed by atoms with E-state index in [2.05, 4.69) is 6.92 Å². The van der Waals surface area contributed by atoms with Crippen LogP contribution in [0.2, 0.25) is 5.02 Å². The van der Waals surface area contributed by atoms with Crippen LogP contribution < -0.4 is 0 Å². The topological polar surface area (TPSA) is 43.1 Å². The van der Waals surface area contributed by atoms with Crippen LogP contribution in [0.1, 0.15) is 18.4 Å². The lowest BCUT2D eigenvalue weighted by atomic mass is 10.0. The highest BCUT2D eigenvalue weighted by molar-refractivity contribution is 6.30. The van der Waals surface area contributed by atoms with E-state index in [1.54, 1.807) is 13.0 Å². The molecule has 0 bridgehead atoms. The number of nitrogens with zero attached hydrogens (tertiary/aromatic N) is 1. The first-order chi connectivity index (χ1) is 6.02. The number of hydrogen-bond donors (Lipinski definition) is 0. The van der Waals surface area contributed by atoms with Gasteiger partial charge < -0.3 is 0 Å². The Morgan fingerprint density at radius 2 is 2.23 bits per heavy atom. The fourth-order valence-corrected chi connectivity index (χ4v) is 1.27. The van der Waals surface area contributed by atoms with E-state index in [0.717, 1.165) is 0 Å². The monoisotopic (exact) mass is 198 g/mol. The van der Waals surface area contributed by atoms with Gasteiger partial charge in [-0.2, -0.15) is 0 Å². The average molecular weight is 199 g/mol. The van der Waals surface area contributed by atoms with Gasteiger partial charge in [-0.25, -0.2) is 0 Å². The third-order valence-electron chi connectivity index (χ3n) is 1.72. The zero-order chi connectivity index (χ0) is 10.0. The summed E-state index contributed by atoms with van der Waals surface area (Å²) < 4.78 is 0. The molecule has 1 unspecified atom stereocenters. The molecule has 0 fully saturated rings. The molecule has 0 aliphatic rings. The zero-order valence-electron chi connectivity index (χ0n) is 7.16. The Morgan fingerprint density at radius 1 is 1.62 bits per heavy atom. The quantitative estimate of drug-likeness (QED) is 0.541. The molecular formula is C9H9ClNO2. The Labute approximate surface area is 81.5 Å². The molecule has 0 aliphatic carbocycles. The van der Waals surface area contributed by atoms with Crippen LogP contribution in [0, 0.1) is 17.0 Å². The summed E-state index contributed by atoms with van der Waals surface area (Å²) in [7, 11) is 0. The normalized spacial score (nSPS) is 10.5. The van der Waals surface area contributed by atoms with Crippen molar-refractivity contribution in [3.05, 3.63) is 45.8 Å². The summed E-state index contributed by atoms with van der Waals surface area (Å²) in [4.78, 5) is 10.1. The van der Waals surface area contributed by atoms with Crippen molar-refractivity contribution in [3.8, 4) is 0 Å². The number of benzene rings is 1. The van der Waals surface area contributed by atoms with E-state index in [1.807, 2.05) is 0 Å². The van der Waals surface area contributed by atoms with Gasteiger partial charge in [-0.1, -0.05) is 18.5 Å². The Kier molecular flexibility index (Phi) is 2.88. The second kappa shape index (κ2) is 3.75. The summed E-state index contributed by atoms with van der Waals surface area (Å²) in [5.41, 5.74) is 0.643. The van der Waals surface area contributed by atoms with Gasteiger partial charge in [0.15, 0.2) is 0 Å². The molecule has 1 atom stereocenters. The predicted molar refractivity (Wildman–Crippen MR) is 51.9 cm³/mol. The molecule has 0 heterocycles. The van der Waals surface area contributed by atoms with Gasteiger partial charge >= 0.3 is 0 Å². The summed E-state index contributed by atoms with van der Waals surface area (Å²) in [6.45, 7) is 5.52. The smallest absolute Gasteiger partial charge is 0.258 e. The molecule has 0 amide bonds. The van der Waals surface area contributed by atoms with Crippen molar-refractivity contribution in [1.29, 1.82) is 0 Å². The van der Waals surface area contributed by atoms with Gasteiger partial charge in [0.1, 0.15) is 0 Å². The van der Waals surface area contributed by atoms with E-state index < -0.39 is 4.92 Å². The maximum atomic E-state index is 10.6. The van der Waals surface area contributed by atoms with E-state index in [9.17, 15) is 10.1 Å². The molecule has 0 saturated carbocycles. The van der Waals surface area contributed by atoms with Crippen LogP contribution >= 0.6 is 11.6 Å². The van der Waals surface area contributed by atoms with Crippen molar-refractivity contribution in [2.75, 3.05) is 0 Å². The zero-order valence-corrected chi connectivity index (χ0v) is 7.91. The molecular weight excluding hydrogens is 190 g/mol. The van der Waals surface area contributed by atoms with E-state index in [4.69, 9.17) is 11.6 Å². The molecule has 3 nitrogen and oxygen atoms in total. The van der Waals surface area contributed by atoms with E-state index >= 15 is 0 Å². The number of halogens is 1. The molecule has 0 spiro atoms. The first-order valence-electron chi connectivity index (χ1n) is 3.79. The highest BCUT2D eigenvalue weighted by Crippen LogP contribution is 2.28. The molecule has 0 saturated heterocycles. The Balaban J connectivity index is 3.26. The highest BCUT2D eigenvalue weighted by atomic mass is 35.5. The fraction of sp³-hybridized carbons (Fsp3) is 0.222. The molecule has 1 aromatic carbocycles. The Bertz CT molecular complexity index is 336. The van der Waals surface area contributed by atoms with Crippen molar-refractivity contribution in [1.82, 2.24) is 0 Å². The van der Waals surface area contributed by atoms with Crippen molar-refractivity contribution in [2.45, 2.75) is 12.8 Å².